The van der Waals surface area contributed by atoms with E-state index in [2.05, 4.69) is 13.8 Å². The minimum atomic E-state index is -0.760. The topological polar surface area (TPSA) is 66.8 Å². The van der Waals surface area contributed by atoms with Gasteiger partial charge in [0.15, 0.2) is 0 Å². The maximum Gasteiger partial charge on any atom is 0.306 e. The lowest BCUT2D eigenvalue weighted by Gasteiger charge is -2.38. The maximum atomic E-state index is 12.6. The fourth-order valence-corrected chi connectivity index (χ4v) is 3.18. The zero-order chi connectivity index (χ0) is 14.7. The molecule has 0 spiro atoms. The molecule has 1 aliphatic heterocycles. The van der Waals surface area contributed by atoms with Crippen LogP contribution >= 0.6 is 0 Å². The van der Waals surface area contributed by atoms with E-state index in [0.29, 0.717) is 38.5 Å². The van der Waals surface area contributed by atoms with Crippen molar-refractivity contribution in [1.29, 1.82) is 0 Å². The van der Waals surface area contributed by atoms with E-state index in [4.69, 9.17) is 9.84 Å². The quantitative estimate of drug-likeness (QED) is 0.857. The molecule has 1 aliphatic carbocycles. The van der Waals surface area contributed by atoms with Crippen LogP contribution in [-0.4, -0.2) is 47.7 Å². The summed E-state index contributed by atoms with van der Waals surface area (Å²) in [4.78, 5) is 25.5. The van der Waals surface area contributed by atoms with E-state index in [1.165, 1.54) is 0 Å². The zero-order valence-corrected chi connectivity index (χ0v) is 12.4. The molecule has 3 atom stereocenters. The van der Waals surface area contributed by atoms with E-state index >= 15 is 0 Å². The Kier molecular flexibility index (Phi) is 5.02. The van der Waals surface area contributed by atoms with Crippen molar-refractivity contribution in [2.24, 2.45) is 17.8 Å². The summed E-state index contributed by atoms with van der Waals surface area (Å²) in [6.45, 7) is 6.06. The molecule has 20 heavy (non-hydrogen) atoms. The van der Waals surface area contributed by atoms with Gasteiger partial charge in [-0.25, -0.2) is 0 Å². The van der Waals surface area contributed by atoms with Crippen molar-refractivity contribution in [3.63, 3.8) is 0 Å². The highest BCUT2D eigenvalue weighted by molar-refractivity contribution is 5.80. The van der Waals surface area contributed by atoms with Crippen molar-refractivity contribution in [2.45, 2.75) is 45.6 Å². The first kappa shape index (κ1) is 15.3. The van der Waals surface area contributed by atoms with Gasteiger partial charge < -0.3 is 14.7 Å². The number of nitrogens with zero attached hydrogens (tertiary/aromatic N) is 1. The summed E-state index contributed by atoms with van der Waals surface area (Å²) in [7, 11) is 0. The van der Waals surface area contributed by atoms with Gasteiger partial charge in [-0.15, -0.1) is 0 Å². The standard InChI is InChI=1S/C15H25NO4/c1-10(2)13-9-16(6-7-20-13)14(17)11-4-3-5-12(8-11)15(18)19/h10-13H,3-9H2,1-2H3,(H,18,19). The number of carboxylic acid groups (broad SMARTS) is 1. The summed E-state index contributed by atoms with van der Waals surface area (Å²) in [5.74, 6) is -0.700. The molecule has 3 unspecified atom stereocenters. The van der Waals surface area contributed by atoms with Crippen molar-refractivity contribution < 1.29 is 19.4 Å². The number of hydrogen-bond acceptors (Lipinski definition) is 3. The second kappa shape index (κ2) is 6.57. The summed E-state index contributed by atoms with van der Waals surface area (Å²) < 4.78 is 5.68. The number of hydrogen-bond donors (Lipinski definition) is 1. The van der Waals surface area contributed by atoms with Crippen LogP contribution in [0.1, 0.15) is 39.5 Å². The average molecular weight is 283 g/mol. The molecule has 2 aliphatic rings. The fraction of sp³-hybridized carbons (Fsp3) is 0.867. The lowest BCUT2D eigenvalue weighted by atomic mass is 9.80. The Morgan fingerprint density at radius 1 is 1.25 bits per heavy atom. The normalized spacial score (nSPS) is 31.4. The molecule has 2 rings (SSSR count). The van der Waals surface area contributed by atoms with Gasteiger partial charge in [0.1, 0.15) is 0 Å². The van der Waals surface area contributed by atoms with Crippen LogP contribution in [0.15, 0.2) is 0 Å². The van der Waals surface area contributed by atoms with Gasteiger partial charge in [0, 0.05) is 19.0 Å². The number of carbonyl (C=O) groups is 2. The third-order valence-corrected chi connectivity index (χ3v) is 4.52. The van der Waals surface area contributed by atoms with Crippen molar-refractivity contribution in [1.82, 2.24) is 4.90 Å². The van der Waals surface area contributed by atoms with E-state index in [0.717, 1.165) is 12.8 Å². The minimum Gasteiger partial charge on any atom is -0.481 e. The van der Waals surface area contributed by atoms with Gasteiger partial charge in [-0.1, -0.05) is 20.3 Å². The Labute approximate surface area is 120 Å². The highest BCUT2D eigenvalue weighted by atomic mass is 16.5. The molecule has 0 radical (unpaired) electrons. The summed E-state index contributed by atoms with van der Waals surface area (Å²) in [5, 5.41) is 9.12. The number of aliphatic carboxylic acids is 1. The van der Waals surface area contributed by atoms with Crippen LogP contribution < -0.4 is 0 Å². The molecular weight excluding hydrogens is 258 g/mol. The van der Waals surface area contributed by atoms with Gasteiger partial charge in [-0.05, 0) is 25.2 Å². The lowest BCUT2D eigenvalue weighted by Crippen LogP contribution is -2.50. The molecule has 0 aromatic rings. The van der Waals surface area contributed by atoms with Gasteiger partial charge >= 0.3 is 5.97 Å². The Morgan fingerprint density at radius 2 is 1.95 bits per heavy atom. The third kappa shape index (κ3) is 3.51. The van der Waals surface area contributed by atoms with Crippen LogP contribution in [0.25, 0.3) is 0 Å². The van der Waals surface area contributed by atoms with Crippen LogP contribution in [-0.2, 0) is 14.3 Å². The van der Waals surface area contributed by atoms with Gasteiger partial charge in [0.25, 0.3) is 0 Å². The predicted octanol–water partition coefficient (Wildman–Crippen LogP) is 1.76. The van der Waals surface area contributed by atoms with Crippen molar-refractivity contribution >= 4 is 11.9 Å². The average Bonchev–Trinajstić information content (AvgIpc) is 2.46. The lowest BCUT2D eigenvalue weighted by molar-refractivity contribution is -0.149. The van der Waals surface area contributed by atoms with Gasteiger partial charge in [-0.2, -0.15) is 0 Å². The van der Waals surface area contributed by atoms with Gasteiger partial charge in [-0.3, -0.25) is 9.59 Å². The molecule has 114 valence electrons. The SMILES string of the molecule is CC(C)C1CN(C(=O)C2CCCC(C(=O)O)C2)CCO1. The number of ether oxygens (including phenoxy) is 1. The maximum absolute atomic E-state index is 12.6. The molecule has 1 saturated carbocycles. The molecule has 1 amide bonds. The van der Waals surface area contributed by atoms with Crippen molar-refractivity contribution in [3.05, 3.63) is 0 Å². The van der Waals surface area contributed by atoms with Crippen LogP contribution in [0.3, 0.4) is 0 Å². The number of morpholine rings is 1. The summed E-state index contributed by atoms with van der Waals surface area (Å²) in [5.41, 5.74) is 0. The molecule has 5 heteroatoms. The molecule has 0 aromatic heterocycles. The molecular formula is C15H25NO4. The third-order valence-electron chi connectivity index (χ3n) is 4.52. The van der Waals surface area contributed by atoms with Crippen LogP contribution in [0, 0.1) is 17.8 Å². The van der Waals surface area contributed by atoms with Crippen LogP contribution in [0.4, 0.5) is 0 Å². The molecule has 2 fully saturated rings. The monoisotopic (exact) mass is 283 g/mol. The first-order chi connectivity index (χ1) is 9.49. The summed E-state index contributed by atoms with van der Waals surface area (Å²) >= 11 is 0. The Bertz CT molecular complexity index is 369. The molecule has 5 nitrogen and oxygen atoms in total. The van der Waals surface area contributed by atoms with Crippen molar-refractivity contribution in [2.75, 3.05) is 19.7 Å². The Morgan fingerprint density at radius 3 is 2.60 bits per heavy atom. The van der Waals surface area contributed by atoms with Gasteiger partial charge in [0.2, 0.25) is 5.91 Å². The number of rotatable bonds is 3. The number of carboxylic acids is 1. The Balaban J connectivity index is 1.94. The van der Waals surface area contributed by atoms with E-state index < -0.39 is 5.97 Å². The van der Waals surface area contributed by atoms with E-state index in [-0.39, 0.29) is 23.8 Å². The molecule has 1 N–H and O–H groups in total. The molecule has 1 heterocycles. The van der Waals surface area contributed by atoms with Crippen molar-refractivity contribution in [3.8, 4) is 0 Å². The largest absolute Gasteiger partial charge is 0.481 e. The molecule has 0 bridgehead atoms. The fourth-order valence-electron chi connectivity index (χ4n) is 3.18. The minimum absolute atomic E-state index is 0.103. The van der Waals surface area contributed by atoms with E-state index in [9.17, 15) is 9.59 Å². The Hall–Kier alpha value is -1.10. The highest BCUT2D eigenvalue weighted by Gasteiger charge is 2.35. The molecule has 1 saturated heterocycles. The smallest absolute Gasteiger partial charge is 0.306 e. The zero-order valence-electron chi connectivity index (χ0n) is 12.4. The highest BCUT2D eigenvalue weighted by Crippen LogP contribution is 2.31. The first-order valence-electron chi connectivity index (χ1n) is 7.62. The summed E-state index contributed by atoms with van der Waals surface area (Å²) in [6.07, 6.45) is 2.97. The predicted molar refractivity (Wildman–Crippen MR) is 74.2 cm³/mol. The van der Waals surface area contributed by atoms with Gasteiger partial charge in [0.05, 0.1) is 18.6 Å². The second-order valence-corrected chi connectivity index (χ2v) is 6.34. The summed E-state index contributed by atoms with van der Waals surface area (Å²) in [6, 6.07) is 0. The molecule has 0 aromatic carbocycles. The number of amides is 1. The number of carbonyl (C=O) groups excluding carboxylic acids is 1. The van der Waals surface area contributed by atoms with Crippen LogP contribution in [0.5, 0.6) is 0 Å². The van der Waals surface area contributed by atoms with Crippen LogP contribution in [0.2, 0.25) is 0 Å². The second-order valence-electron chi connectivity index (χ2n) is 6.34. The van der Waals surface area contributed by atoms with E-state index in [1.807, 2.05) is 4.90 Å². The first-order valence-corrected chi connectivity index (χ1v) is 7.62. The van der Waals surface area contributed by atoms with E-state index in [1.54, 1.807) is 0 Å².